The number of halogens is 1. The zero-order valence-electron chi connectivity index (χ0n) is 11.8. The van der Waals surface area contributed by atoms with Gasteiger partial charge in [0, 0.05) is 13.1 Å². The van der Waals surface area contributed by atoms with Crippen molar-refractivity contribution in [3.63, 3.8) is 0 Å². The van der Waals surface area contributed by atoms with Crippen molar-refractivity contribution in [3.05, 3.63) is 35.9 Å². The number of benzene rings is 1. The minimum atomic E-state index is -0.238. The molecule has 0 atom stereocenters. The normalized spacial score (nSPS) is 16.1. The number of ether oxygens (including phenoxy) is 1. The number of nitrogens with zero attached hydrogens (tertiary/aromatic N) is 1. The SMILES string of the molecule is O=C(OCc1ccccc1)N1CCC(CCCF)CC1. The molecule has 3 nitrogen and oxygen atoms in total. The number of carbonyl (C=O) groups is 1. The van der Waals surface area contributed by atoms with E-state index in [-0.39, 0.29) is 12.8 Å². The van der Waals surface area contributed by atoms with E-state index in [0.29, 0.717) is 18.9 Å². The molecule has 0 aromatic heterocycles. The van der Waals surface area contributed by atoms with Crippen molar-refractivity contribution in [2.24, 2.45) is 5.92 Å². The third kappa shape index (κ3) is 4.51. The van der Waals surface area contributed by atoms with E-state index in [4.69, 9.17) is 4.74 Å². The van der Waals surface area contributed by atoms with Gasteiger partial charge in [0.2, 0.25) is 0 Å². The second-order valence-electron chi connectivity index (χ2n) is 5.30. The Bertz CT molecular complexity index is 402. The lowest BCUT2D eigenvalue weighted by Crippen LogP contribution is -2.38. The summed E-state index contributed by atoms with van der Waals surface area (Å²) in [6, 6.07) is 9.68. The standard InChI is InChI=1S/C16H22FNO2/c17-10-4-7-14-8-11-18(12-9-14)16(19)20-13-15-5-2-1-3-6-15/h1-3,5-6,14H,4,7-13H2. The number of amides is 1. The number of likely N-dealkylation sites (tertiary alicyclic amines) is 1. The van der Waals surface area contributed by atoms with Crippen LogP contribution in [0.5, 0.6) is 0 Å². The molecule has 1 aromatic rings. The van der Waals surface area contributed by atoms with E-state index in [1.54, 1.807) is 4.90 Å². The first kappa shape index (κ1) is 14.8. The van der Waals surface area contributed by atoms with Crippen LogP contribution in [0, 0.1) is 5.92 Å². The number of carbonyl (C=O) groups excluding carboxylic acids is 1. The van der Waals surface area contributed by atoms with E-state index in [1.165, 1.54) is 0 Å². The topological polar surface area (TPSA) is 29.5 Å². The van der Waals surface area contributed by atoms with Crippen molar-refractivity contribution in [3.8, 4) is 0 Å². The van der Waals surface area contributed by atoms with Gasteiger partial charge in [-0.3, -0.25) is 4.39 Å². The van der Waals surface area contributed by atoms with Crippen LogP contribution in [-0.2, 0) is 11.3 Å². The van der Waals surface area contributed by atoms with E-state index in [9.17, 15) is 9.18 Å². The van der Waals surface area contributed by atoms with Crippen molar-refractivity contribution in [2.45, 2.75) is 32.3 Å². The van der Waals surface area contributed by atoms with Crippen molar-refractivity contribution >= 4 is 6.09 Å². The second kappa shape index (κ2) is 7.88. The van der Waals surface area contributed by atoms with Gasteiger partial charge in [-0.05, 0) is 37.2 Å². The average molecular weight is 279 g/mol. The summed E-state index contributed by atoms with van der Waals surface area (Å²) in [6.45, 7) is 1.54. The van der Waals surface area contributed by atoms with Crippen molar-refractivity contribution < 1.29 is 13.9 Å². The molecule has 1 fully saturated rings. The van der Waals surface area contributed by atoms with Crippen LogP contribution in [0.1, 0.15) is 31.2 Å². The molecule has 1 aliphatic heterocycles. The van der Waals surface area contributed by atoms with Crippen LogP contribution in [-0.4, -0.2) is 30.8 Å². The predicted octanol–water partition coefficient (Wildman–Crippen LogP) is 3.78. The molecule has 0 unspecified atom stereocenters. The highest BCUT2D eigenvalue weighted by molar-refractivity contribution is 5.67. The quantitative estimate of drug-likeness (QED) is 0.820. The summed E-state index contributed by atoms with van der Waals surface area (Å²) >= 11 is 0. The molecule has 0 aliphatic carbocycles. The highest BCUT2D eigenvalue weighted by atomic mass is 19.1. The van der Waals surface area contributed by atoms with Gasteiger partial charge in [0.15, 0.2) is 0 Å². The Labute approximate surface area is 119 Å². The minimum absolute atomic E-state index is 0.237. The van der Waals surface area contributed by atoms with Gasteiger partial charge in [0.05, 0.1) is 6.67 Å². The second-order valence-corrected chi connectivity index (χ2v) is 5.30. The molecule has 110 valence electrons. The van der Waals surface area contributed by atoms with Gasteiger partial charge < -0.3 is 9.64 Å². The van der Waals surface area contributed by atoms with Gasteiger partial charge in [-0.2, -0.15) is 0 Å². The Morgan fingerprint density at radius 2 is 1.95 bits per heavy atom. The zero-order chi connectivity index (χ0) is 14.2. The Hall–Kier alpha value is -1.58. The van der Waals surface area contributed by atoms with E-state index in [1.807, 2.05) is 30.3 Å². The molecule has 0 spiro atoms. The maximum absolute atomic E-state index is 12.1. The van der Waals surface area contributed by atoms with Gasteiger partial charge in [-0.1, -0.05) is 30.3 Å². The molecule has 2 rings (SSSR count). The molecule has 0 bridgehead atoms. The molecule has 0 saturated carbocycles. The maximum Gasteiger partial charge on any atom is 0.410 e. The lowest BCUT2D eigenvalue weighted by atomic mass is 9.93. The minimum Gasteiger partial charge on any atom is -0.445 e. The molecule has 20 heavy (non-hydrogen) atoms. The molecule has 0 radical (unpaired) electrons. The molecule has 0 N–H and O–H groups in total. The Kier molecular flexibility index (Phi) is 5.84. The predicted molar refractivity (Wildman–Crippen MR) is 76.1 cm³/mol. The van der Waals surface area contributed by atoms with Gasteiger partial charge in [-0.25, -0.2) is 4.79 Å². The fourth-order valence-corrected chi connectivity index (χ4v) is 2.58. The number of hydrogen-bond acceptors (Lipinski definition) is 2. The number of piperidine rings is 1. The lowest BCUT2D eigenvalue weighted by Gasteiger charge is -2.31. The third-order valence-corrected chi connectivity index (χ3v) is 3.82. The van der Waals surface area contributed by atoms with E-state index >= 15 is 0 Å². The molecule has 4 heteroatoms. The smallest absolute Gasteiger partial charge is 0.410 e. The number of rotatable bonds is 5. The third-order valence-electron chi connectivity index (χ3n) is 3.82. The summed E-state index contributed by atoms with van der Waals surface area (Å²) in [5, 5.41) is 0. The van der Waals surface area contributed by atoms with Crippen LogP contribution >= 0.6 is 0 Å². The molecular formula is C16H22FNO2. The molecular weight excluding hydrogens is 257 g/mol. The van der Waals surface area contributed by atoms with Gasteiger partial charge in [0.1, 0.15) is 6.61 Å². The highest BCUT2D eigenvalue weighted by Gasteiger charge is 2.23. The van der Waals surface area contributed by atoms with Gasteiger partial charge in [-0.15, -0.1) is 0 Å². The number of alkyl halides is 1. The first-order valence-electron chi connectivity index (χ1n) is 7.31. The first-order chi connectivity index (χ1) is 9.79. The molecule has 1 amide bonds. The monoisotopic (exact) mass is 279 g/mol. The summed E-state index contributed by atoms with van der Waals surface area (Å²) in [5.74, 6) is 0.559. The Morgan fingerprint density at radius 1 is 1.25 bits per heavy atom. The lowest BCUT2D eigenvalue weighted by molar-refractivity contribution is 0.0811. The summed E-state index contributed by atoms with van der Waals surface area (Å²) < 4.78 is 17.4. The average Bonchev–Trinajstić information content (AvgIpc) is 2.52. The summed E-state index contributed by atoms with van der Waals surface area (Å²) in [6.07, 6.45) is 3.26. The summed E-state index contributed by atoms with van der Waals surface area (Å²) in [4.78, 5) is 13.7. The maximum atomic E-state index is 12.1. The molecule has 1 aliphatic rings. The van der Waals surface area contributed by atoms with Crippen LogP contribution in [0.4, 0.5) is 9.18 Å². The van der Waals surface area contributed by atoms with Crippen LogP contribution in [0.3, 0.4) is 0 Å². The van der Waals surface area contributed by atoms with E-state index in [2.05, 4.69) is 0 Å². The Balaban J connectivity index is 1.69. The molecule has 1 aromatic carbocycles. The summed E-state index contributed by atoms with van der Waals surface area (Å²) in [5.41, 5.74) is 0.999. The highest BCUT2D eigenvalue weighted by Crippen LogP contribution is 2.22. The number of hydrogen-bond donors (Lipinski definition) is 0. The molecule has 1 heterocycles. The summed E-state index contributed by atoms with van der Waals surface area (Å²) in [7, 11) is 0. The van der Waals surface area contributed by atoms with Gasteiger partial charge >= 0.3 is 6.09 Å². The van der Waals surface area contributed by atoms with Crippen LogP contribution in [0.2, 0.25) is 0 Å². The van der Waals surface area contributed by atoms with Gasteiger partial charge in [0.25, 0.3) is 0 Å². The van der Waals surface area contributed by atoms with E-state index < -0.39 is 0 Å². The first-order valence-corrected chi connectivity index (χ1v) is 7.31. The largest absolute Gasteiger partial charge is 0.445 e. The Morgan fingerprint density at radius 3 is 2.60 bits per heavy atom. The fourth-order valence-electron chi connectivity index (χ4n) is 2.58. The van der Waals surface area contributed by atoms with Crippen molar-refractivity contribution in [2.75, 3.05) is 19.8 Å². The van der Waals surface area contributed by atoms with E-state index in [0.717, 1.165) is 37.9 Å². The molecule has 1 saturated heterocycles. The van der Waals surface area contributed by atoms with Crippen LogP contribution in [0.15, 0.2) is 30.3 Å². The fraction of sp³-hybridized carbons (Fsp3) is 0.562. The van der Waals surface area contributed by atoms with Crippen molar-refractivity contribution in [1.82, 2.24) is 4.90 Å². The van der Waals surface area contributed by atoms with Crippen molar-refractivity contribution in [1.29, 1.82) is 0 Å². The van der Waals surface area contributed by atoms with Crippen LogP contribution < -0.4 is 0 Å². The van der Waals surface area contributed by atoms with Crippen LogP contribution in [0.25, 0.3) is 0 Å². The zero-order valence-corrected chi connectivity index (χ0v) is 11.8.